The first-order chi connectivity index (χ1) is 10.8. The largest absolute Gasteiger partial charge is 0.461 e. The normalized spacial score (nSPS) is 14.9. The first-order valence-corrected chi connectivity index (χ1v) is 7.62. The van der Waals surface area contributed by atoms with Crippen LogP contribution < -0.4 is 5.53 Å². The zero-order valence-electron chi connectivity index (χ0n) is 14.5. The van der Waals surface area contributed by atoms with Crippen molar-refractivity contribution in [1.29, 1.82) is 0 Å². The van der Waals surface area contributed by atoms with Crippen LogP contribution in [0.4, 0.5) is 0 Å². The van der Waals surface area contributed by atoms with Crippen molar-refractivity contribution in [2.24, 2.45) is 0 Å². The molecule has 0 saturated heterocycles. The lowest BCUT2D eigenvalue weighted by molar-refractivity contribution is -0.140. The molecule has 0 atom stereocenters. The van der Waals surface area contributed by atoms with Crippen molar-refractivity contribution in [3.8, 4) is 0 Å². The lowest BCUT2D eigenvalue weighted by Gasteiger charge is -2.19. The molecule has 23 heavy (non-hydrogen) atoms. The van der Waals surface area contributed by atoms with Crippen LogP contribution >= 0.6 is 0 Å². The minimum Gasteiger partial charge on any atom is -0.461 e. The van der Waals surface area contributed by atoms with E-state index in [2.05, 4.69) is 32.9 Å². The lowest BCUT2D eigenvalue weighted by Crippen LogP contribution is -2.38. The number of carbonyl (C=O) groups is 1. The topological polar surface area (TPSA) is 62.6 Å². The zero-order valence-corrected chi connectivity index (χ0v) is 14.5. The molecule has 2 heterocycles. The number of hydrogen-bond acceptors (Lipinski definition) is 6. The maximum atomic E-state index is 11.9. The van der Waals surface area contributed by atoms with Crippen LogP contribution in [0.5, 0.6) is 0 Å². The third kappa shape index (κ3) is 3.73. The molecule has 1 N–H and O–H groups in total. The first-order valence-electron chi connectivity index (χ1n) is 7.62. The molecule has 2 rings (SSSR count). The second-order valence-electron chi connectivity index (χ2n) is 6.42. The summed E-state index contributed by atoms with van der Waals surface area (Å²) in [6.45, 7) is 12.8. The van der Waals surface area contributed by atoms with Gasteiger partial charge in [-0.3, -0.25) is 10.0 Å². The molecule has 0 unspecified atom stereocenters. The Labute approximate surface area is 137 Å². The fourth-order valence-corrected chi connectivity index (χ4v) is 2.37. The van der Waals surface area contributed by atoms with E-state index in [1.54, 1.807) is 36.4 Å². The molecule has 126 valence electrons. The Morgan fingerprint density at radius 2 is 2.17 bits per heavy atom. The Balaban J connectivity index is 2.16. The molecule has 0 radical (unpaired) electrons. The van der Waals surface area contributed by atoms with Crippen LogP contribution in [0.2, 0.25) is 0 Å². The van der Waals surface area contributed by atoms with Crippen LogP contribution in [0.1, 0.15) is 39.2 Å². The van der Waals surface area contributed by atoms with Gasteiger partial charge >= 0.3 is 5.97 Å². The van der Waals surface area contributed by atoms with Gasteiger partial charge in [0.25, 0.3) is 0 Å². The van der Waals surface area contributed by atoms with Gasteiger partial charge in [-0.05, 0) is 6.92 Å². The number of carbonyl (C=O) groups excluding carboxylic acids is 1. The van der Waals surface area contributed by atoms with Crippen LogP contribution in [0.15, 0.2) is 24.7 Å². The molecule has 7 heteroatoms. The van der Waals surface area contributed by atoms with Gasteiger partial charge in [-0.1, -0.05) is 27.4 Å². The van der Waals surface area contributed by atoms with E-state index in [1.807, 2.05) is 10.8 Å². The Bertz CT molecular complexity index is 627. The van der Waals surface area contributed by atoms with Gasteiger partial charge in [0.15, 0.2) is 5.70 Å². The molecule has 0 spiro atoms. The number of nitrogens with one attached hydrogen (secondary N) is 1. The van der Waals surface area contributed by atoms with E-state index in [-0.39, 0.29) is 11.4 Å². The quantitative estimate of drug-likeness (QED) is 0.836. The van der Waals surface area contributed by atoms with Crippen LogP contribution in [-0.4, -0.2) is 39.2 Å². The Kier molecular flexibility index (Phi) is 4.79. The maximum Gasteiger partial charge on any atom is 0.357 e. The number of imidazole rings is 1. The van der Waals surface area contributed by atoms with E-state index in [0.29, 0.717) is 18.8 Å². The zero-order chi connectivity index (χ0) is 17.2. The molecule has 0 saturated carbocycles. The van der Waals surface area contributed by atoms with Gasteiger partial charge in [0.1, 0.15) is 5.82 Å². The number of aromatic nitrogens is 2. The molecule has 0 fully saturated rings. The van der Waals surface area contributed by atoms with Crippen molar-refractivity contribution in [3.63, 3.8) is 0 Å². The lowest BCUT2D eigenvalue weighted by atomic mass is 9.96. The number of ether oxygens (including phenoxy) is 1. The van der Waals surface area contributed by atoms with Crippen molar-refractivity contribution in [2.45, 2.75) is 39.7 Å². The molecule has 1 aliphatic rings. The van der Waals surface area contributed by atoms with E-state index in [4.69, 9.17) is 9.72 Å². The van der Waals surface area contributed by atoms with Crippen molar-refractivity contribution in [2.75, 3.05) is 13.7 Å². The van der Waals surface area contributed by atoms with E-state index >= 15 is 0 Å². The van der Waals surface area contributed by atoms with E-state index < -0.39 is 0 Å². The Hall–Kier alpha value is -2.28. The summed E-state index contributed by atoms with van der Waals surface area (Å²) in [5, 5.41) is 3.43. The van der Waals surface area contributed by atoms with Crippen molar-refractivity contribution in [1.82, 2.24) is 25.1 Å². The van der Waals surface area contributed by atoms with Gasteiger partial charge in [-0.15, -0.1) is 5.53 Å². The van der Waals surface area contributed by atoms with E-state index in [0.717, 1.165) is 11.5 Å². The number of rotatable bonds is 5. The van der Waals surface area contributed by atoms with Gasteiger partial charge in [0, 0.05) is 24.9 Å². The van der Waals surface area contributed by atoms with Gasteiger partial charge in [-0.25, -0.2) is 9.78 Å². The third-order valence-electron chi connectivity index (χ3n) is 3.38. The average molecular weight is 319 g/mol. The predicted octanol–water partition coefficient (Wildman–Crippen LogP) is 1.85. The standard InChI is InChI=1S/C16H25N5O2/c1-7-20-9-12(17-15(20)16(3,4)5)10-21-11-13(19(6)18-21)14(22)23-8-2/h7,9,11,18H,1,8,10H2,2-6H3. The van der Waals surface area contributed by atoms with Crippen LogP contribution in [0.25, 0.3) is 6.20 Å². The predicted molar refractivity (Wildman–Crippen MR) is 88.5 cm³/mol. The number of esters is 1. The minimum atomic E-state index is -0.350. The number of likely N-dealkylation sites (N-methyl/N-ethyl adjacent to an activating group) is 1. The van der Waals surface area contributed by atoms with Gasteiger partial charge < -0.3 is 9.30 Å². The highest BCUT2D eigenvalue weighted by molar-refractivity contribution is 5.87. The van der Waals surface area contributed by atoms with E-state index in [9.17, 15) is 4.79 Å². The van der Waals surface area contributed by atoms with Crippen LogP contribution in [-0.2, 0) is 21.5 Å². The molecule has 0 aromatic carbocycles. The Morgan fingerprint density at radius 3 is 2.70 bits per heavy atom. The molecule has 1 aromatic rings. The van der Waals surface area contributed by atoms with Crippen molar-refractivity contribution < 1.29 is 9.53 Å². The number of hydrogen-bond donors (Lipinski definition) is 1. The minimum absolute atomic E-state index is 0.0758. The monoisotopic (exact) mass is 319 g/mol. The molecule has 7 nitrogen and oxygen atoms in total. The van der Waals surface area contributed by atoms with E-state index in [1.165, 1.54) is 0 Å². The summed E-state index contributed by atoms with van der Waals surface area (Å²) < 4.78 is 6.97. The average Bonchev–Trinajstić information content (AvgIpc) is 3.02. The van der Waals surface area contributed by atoms with Crippen LogP contribution in [0, 0.1) is 0 Å². The summed E-state index contributed by atoms with van der Waals surface area (Å²) in [4.78, 5) is 16.6. The van der Waals surface area contributed by atoms with Gasteiger partial charge in [-0.2, -0.15) is 0 Å². The fraction of sp³-hybridized carbons (Fsp3) is 0.500. The molecule has 1 aromatic heterocycles. The highest BCUT2D eigenvalue weighted by Gasteiger charge is 2.26. The molecule has 0 amide bonds. The summed E-state index contributed by atoms with van der Waals surface area (Å²) in [5.74, 6) is 0.599. The van der Waals surface area contributed by atoms with Gasteiger partial charge in [0.2, 0.25) is 0 Å². The third-order valence-corrected chi connectivity index (χ3v) is 3.38. The summed E-state index contributed by atoms with van der Waals surface area (Å²) >= 11 is 0. The fourth-order valence-electron chi connectivity index (χ4n) is 2.37. The second kappa shape index (κ2) is 6.45. The summed E-state index contributed by atoms with van der Waals surface area (Å²) in [6.07, 6.45) is 5.42. The van der Waals surface area contributed by atoms with Gasteiger partial charge in [0.05, 0.1) is 25.0 Å². The second-order valence-corrected chi connectivity index (χ2v) is 6.42. The SMILES string of the molecule is C=Cn1cc(CN2C=C(C(=O)OCC)N(C)N2)nc1C(C)(C)C. The highest BCUT2D eigenvalue weighted by Crippen LogP contribution is 2.23. The first kappa shape index (κ1) is 17.1. The number of nitrogens with zero attached hydrogens (tertiary/aromatic N) is 4. The summed E-state index contributed by atoms with van der Waals surface area (Å²) in [5.41, 5.74) is 4.35. The molecular weight excluding hydrogens is 294 g/mol. The molecule has 1 aliphatic heterocycles. The summed E-state index contributed by atoms with van der Waals surface area (Å²) in [6, 6.07) is 0. The maximum absolute atomic E-state index is 11.9. The molecule has 0 aliphatic carbocycles. The van der Waals surface area contributed by atoms with Crippen LogP contribution in [0.3, 0.4) is 0 Å². The van der Waals surface area contributed by atoms with Crippen molar-refractivity contribution in [3.05, 3.63) is 36.2 Å². The Morgan fingerprint density at radius 1 is 1.48 bits per heavy atom. The smallest absolute Gasteiger partial charge is 0.357 e. The summed E-state index contributed by atoms with van der Waals surface area (Å²) in [7, 11) is 1.77. The molecular formula is C16H25N5O2. The molecule has 0 bridgehead atoms. The van der Waals surface area contributed by atoms with Crippen molar-refractivity contribution >= 4 is 12.2 Å². The number of hydrazine groups is 2. The highest BCUT2D eigenvalue weighted by atomic mass is 16.5.